The molecular formula is C12H15BrN2O2. The van der Waals surface area contributed by atoms with Gasteiger partial charge in [0.2, 0.25) is 0 Å². The molecule has 17 heavy (non-hydrogen) atoms. The topological polar surface area (TPSA) is 53.4 Å². The monoisotopic (exact) mass is 298 g/mol. The smallest absolute Gasteiger partial charge is 0.273 e. The first-order valence-electron chi connectivity index (χ1n) is 5.73. The number of hydrogen-bond donors (Lipinski definition) is 1. The quantitative estimate of drug-likeness (QED) is 0.904. The second-order valence-electron chi connectivity index (χ2n) is 4.25. The first-order chi connectivity index (χ1) is 8.22. The molecule has 0 unspecified atom stereocenters. The van der Waals surface area contributed by atoms with Gasteiger partial charge in [0.15, 0.2) is 0 Å². The molecule has 0 bridgehead atoms. The van der Waals surface area contributed by atoms with E-state index in [1.54, 1.807) is 17.2 Å². The average Bonchev–Trinajstić information content (AvgIpc) is 2.39. The zero-order valence-corrected chi connectivity index (χ0v) is 11.1. The largest absolute Gasteiger partial charge is 0.396 e. The number of piperidine rings is 1. The number of hydrogen-bond acceptors (Lipinski definition) is 3. The van der Waals surface area contributed by atoms with E-state index in [4.69, 9.17) is 5.11 Å². The predicted octanol–water partition coefficient (Wildman–Crippen LogP) is 1.69. The standard InChI is InChI=1S/C12H15BrN2O2/c13-10-2-1-5-14-11(10)12(17)15-6-3-9(8-16)4-7-15/h1-2,5,9,16H,3-4,6-8H2. The minimum Gasteiger partial charge on any atom is -0.396 e. The molecule has 1 aromatic rings. The van der Waals surface area contributed by atoms with Crippen LogP contribution in [0.2, 0.25) is 0 Å². The van der Waals surface area contributed by atoms with Crippen LogP contribution in [-0.4, -0.2) is 40.6 Å². The van der Waals surface area contributed by atoms with E-state index in [9.17, 15) is 4.79 Å². The third kappa shape index (κ3) is 2.84. The molecule has 0 atom stereocenters. The first kappa shape index (κ1) is 12.5. The van der Waals surface area contributed by atoms with Crippen molar-refractivity contribution in [2.24, 2.45) is 5.92 Å². The zero-order valence-electron chi connectivity index (χ0n) is 9.47. The summed E-state index contributed by atoms with van der Waals surface area (Å²) in [4.78, 5) is 18.1. The highest BCUT2D eigenvalue weighted by molar-refractivity contribution is 9.10. The number of carbonyl (C=O) groups is 1. The van der Waals surface area contributed by atoms with Crippen molar-refractivity contribution in [3.05, 3.63) is 28.5 Å². The summed E-state index contributed by atoms with van der Waals surface area (Å²) in [6.07, 6.45) is 3.36. The van der Waals surface area contributed by atoms with Crippen LogP contribution in [0.1, 0.15) is 23.3 Å². The molecule has 2 heterocycles. The van der Waals surface area contributed by atoms with Gasteiger partial charge in [0.25, 0.3) is 5.91 Å². The van der Waals surface area contributed by atoms with Crippen LogP contribution in [0.5, 0.6) is 0 Å². The highest BCUT2D eigenvalue weighted by atomic mass is 79.9. The van der Waals surface area contributed by atoms with Crippen molar-refractivity contribution in [2.75, 3.05) is 19.7 Å². The third-order valence-electron chi connectivity index (χ3n) is 3.12. The number of aromatic nitrogens is 1. The molecule has 5 heteroatoms. The van der Waals surface area contributed by atoms with E-state index in [0.717, 1.165) is 17.3 Å². The maximum atomic E-state index is 12.2. The molecule has 1 aliphatic rings. The maximum absolute atomic E-state index is 12.2. The SMILES string of the molecule is O=C(c1ncccc1Br)N1CCC(CO)CC1. The van der Waals surface area contributed by atoms with Crippen LogP contribution in [0.3, 0.4) is 0 Å². The Morgan fingerprint density at radius 1 is 1.53 bits per heavy atom. The molecule has 1 aromatic heterocycles. The number of halogens is 1. The molecule has 4 nitrogen and oxygen atoms in total. The summed E-state index contributed by atoms with van der Waals surface area (Å²) in [7, 11) is 0. The zero-order chi connectivity index (χ0) is 12.3. The molecule has 0 radical (unpaired) electrons. The lowest BCUT2D eigenvalue weighted by atomic mass is 9.98. The number of aliphatic hydroxyl groups is 1. The summed E-state index contributed by atoms with van der Waals surface area (Å²) < 4.78 is 0.731. The second kappa shape index (κ2) is 5.60. The van der Waals surface area contributed by atoms with Gasteiger partial charge >= 0.3 is 0 Å². The van der Waals surface area contributed by atoms with E-state index in [2.05, 4.69) is 20.9 Å². The predicted molar refractivity (Wildman–Crippen MR) is 67.7 cm³/mol. The summed E-state index contributed by atoms with van der Waals surface area (Å²) in [6.45, 7) is 1.62. The Morgan fingerprint density at radius 3 is 2.82 bits per heavy atom. The minimum absolute atomic E-state index is 0.0335. The number of carbonyl (C=O) groups excluding carboxylic acids is 1. The number of aliphatic hydroxyl groups excluding tert-OH is 1. The van der Waals surface area contributed by atoms with Gasteiger partial charge in [-0.15, -0.1) is 0 Å². The lowest BCUT2D eigenvalue weighted by Gasteiger charge is -2.31. The van der Waals surface area contributed by atoms with E-state index in [-0.39, 0.29) is 12.5 Å². The van der Waals surface area contributed by atoms with Gasteiger partial charge in [0.1, 0.15) is 5.69 Å². The van der Waals surface area contributed by atoms with Crippen LogP contribution < -0.4 is 0 Å². The van der Waals surface area contributed by atoms with Crippen molar-refractivity contribution in [3.8, 4) is 0 Å². The Morgan fingerprint density at radius 2 is 2.24 bits per heavy atom. The van der Waals surface area contributed by atoms with E-state index in [1.165, 1.54) is 0 Å². The van der Waals surface area contributed by atoms with Gasteiger partial charge in [-0.25, -0.2) is 4.98 Å². The Balaban J connectivity index is 2.04. The summed E-state index contributed by atoms with van der Waals surface area (Å²) in [5.74, 6) is 0.306. The van der Waals surface area contributed by atoms with Crippen molar-refractivity contribution >= 4 is 21.8 Å². The molecule has 0 aliphatic carbocycles. The number of nitrogens with zero attached hydrogens (tertiary/aromatic N) is 2. The van der Waals surface area contributed by atoms with Gasteiger partial charge in [-0.2, -0.15) is 0 Å². The Kier molecular flexibility index (Phi) is 4.12. The van der Waals surface area contributed by atoms with Gasteiger partial charge in [-0.05, 0) is 46.8 Å². The van der Waals surface area contributed by atoms with E-state index in [1.807, 2.05) is 6.07 Å². The van der Waals surface area contributed by atoms with Gasteiger partial charge in [-0.1, -0.05) is 0 Å². The highest BCUT2D eigenvalue weighted by Gasteiger charge is 2.24. The molecule has 1 amide bonds. The van der Waals surface area contributed by atoms with Crippen molar-refractivity contribution in [1.29, 1.82) is 0 Å². The number of likely N-dealkylation sites (tertiary alicyclic amines) is 1. The molecular weight excluding hydrogens is 284 g/mol. The molecule has 92 valence electrons. The fraction of sp³-hybridized carbons (Fsp3) is 0.500. The maximum Gasteiger partial charge on any atom is 0.273 e. The Labute approximate surface area is 109 Å². The van der Waals surface area contributed by atoms with Crippen LogP contribution >= 0.6 is 15.9 Å². The summed E-state index contributed by atoms with van der Waals surface area (Å²) in [6, 6.07) is 3.61. The normalized spacial score (nSPS) is 17.2. The molecule has 2 rings (SSSR count). The number of pyridine rings is 1. The van der Waals surface area contributed by atoms with E-state index < -0.39 is 0 Å². The van der Waals surface area contributed by atoms with Crippen molar-refractivity contribution in [3.63, 3.8) is 0 Å². The molecule has 1 saturated heterocycles. The fourth-order valence-electron chi connectivity index (χ4n) is 2.01. The van der Waals surface area contributed by atoms with Gasteiger partial charge < -0.3 is 10.0 Å². The molecule has 0 aromatic carbocycles. The van der Waals surface area contributed by atoms with Gasteiger partial charge in [0.05, 0.1) is 0 Å². The van der Waals surface area contributed by atoms with Gasteiger partial charge in [-0.3, -0.25) is 4.79 Å². The van der Waals surface area contributed by atoms with Crippen LogP contribution in [0.25, 0.3) is 0 Å². The fourth-order valence-corrected chi connectivity index (χ4v) is 2.44. The summed E-state index contributed by atoms with van der Waals surface area (Å²) >= 11 is 3.34. The van der Waals surface area contributed by atoms with E-state index in [0.29, 0.717) is 24.7 Å². The minimum atomic E-state index is -0.0335. The summed E-state index contributed by atoms with van der Waals surface area (Å²) in [5.41, 5.74) is 0.468. The van der Waals surface area contributed by atoms with Crippen molar-refractivity contribution in [2.45, 2.75) is 12.8 Å². The lowest BCUT2D eigenvalue weighted by molar-refractivity contribution is 0.0644. The molecule has 0 spiro atoms. The van der Waals surface area contributed by atoms with E-state index >= 15 is 0 Å². The molecule has 0 saturated carbocycles. The van der Waals surface area contributed by atoms with Gasteiger partial charge in [0, 0.05) is 30.4 Å². The number of amides is 1. The summed E-state index contributed by atoms with van der Waals surface area (Å²) in [5, 5.41) is 9.05. The molecule has 1 fully saturated rings. The van der Waals surface area contributed by atoms with Crippen molar-refractivity contribution in [1.82, 2.24) is 9.88 Å². The van der Waals surface area contributed by atoms with Crippen LogP contribution in [-0.2, 0) is 0 Å². The lowest BCUT2D eigenvalue weighted by Crippen LogP contribution is -2.39. The Bertz CT molecular complexity index is 403. The number of rotatable bonds is 2. The first-order valence-corrected chi connectivity index (χ1v) is 6.52. The van der Waals surface area contributed by atoms with Crippen LogP contribution in [0.15, 0.2) is 22.8 Å². The van der Waals surface area contributed by atoms with Crippen LogP contribution in [0, 0.1) is 5.92 Å². The average molecular weight is 299 g/mol. The third-order valence-corrected chi connectivity index (χ3v) is 3.76. The highest BCUT2D eigenvalue weighted by Crippen LogP contribution is 2.20. The van der Waals surface area contributed by atoms with Crippen LogP contribution in [0.4, 0.5) is 0 Å². The molecule has 1 N–H and O–H groups in total. The molecule has 1 aliphatic heterocycles. The Hall–Kier alpha value is -0.940. The second-order valence-corrected chi connectivity index (χ2v) is 5.11. The van der Waals surface area contributed by atoms with Crippen molar-refractivity contribution < 1.29 is 9.90 Å².